The molecule has 1 atom stereocenters. The molecule has 3 heteroatoms. The van der Waals surface area contributed by atoms with E-state index in [1.807, 2.05) is 6.08 Å². The van der Waals surface area contributed by atoms with Crippen LogP contribution < -0.4 is 0 Å². The Bertz CT molecular complexity index is 323. The fourth-order valence-electron chi connectivity index (χ4n) is 2.47. The molecule has 0 spiro atoms. The fourth-order valence-corrected chi connectivity index (χ4v) is 2.73. The van der Waals surface area contributed by atoms with Crippen molar-refractivity contribution in [2.24, 2.45) is 5.92 Å². The Hall–Kier alpha value is -0.700. The lowest BCUT2D eigenvalue weighted by molar-refractivity contribution is -0.133. The van der Waals surface area contributed by atoms with Crippen LogP contribution in [0.2, 0.25) is 0 Å². The second-order valence-electron chi connectivity index (χ2n) is 5.65. The van der Waals surface area contributed by atoms with Crippen molar-refractivity contribution < 1.29 is 9.53 Å². The first-order chi connectivity index (χ1) is 9.74. The minimum atomic E-state index is -0.187. The molecule has 1 heterocycles. The monoisotopic (exact) mass is 296 g/mol. The van der Waals surface area contributed by atoms with E-state index in [0.29, 0.717) is 11.5 Å². The van der Waals surface area contributed by atoms with E-state index in [9.17, 15) is 4.79 Å². The molecule has 0 aromatic rings. The Balaban J connectivity index is 1.89. The summed E-state index contributed by atoms with van der Waals surface area (Å²) in [6.45, 7) is 2.26. The van der Waals surface area contributed by atoms with Gasteiger partial charge in [0.05, 0.1) is 12.3 Å². The van der Waals surface area contributed by atoms with E-state index in [-0.39, 0.29) is 11.9 Å². The van der Waals surface area contributed by atoms with Crippen LogP contribution in [0.15, 0.2) is 12.2 Å². The zero-order valence-corrected chi connectivity index (χ0v) is 13.6. The first kappa shape index (κ1) is 17.4. The zero-order valence-electron chi connectivity index (χ0n) is 12.7. The minimum Gasteiger partial charge on any atom is -0.418 e. The van der Waals surface area contributed by atoms with Gasteiger partial charge < -0.3 is 4.74 Å². The van der Waals surface area contributed by atoms with Gasteiger partial charge in [-0.3, -0.25) is 4.79 Å². The number of esters is 1. The van der Waals surface area contributed by atoms with Crippen LogP contribution in [0.5, 0.6) is 0 Å². The zero-order chi connectivity index (χ0) is 14.6. The van der Waals surface area contributed by atoms with Crippen LogP contribution in [0.1, 0.15) is 77.6 Å². The molecule has 0 N–H and O–H groups in total. The van der Waals surface area contributed by atoms with Crippen LogP contribution in [0.4, 0.5) is 0 Å². The first-order valence-corrected chi connectivity index (χ1v) is 8.56. The topological polar surface area (TPSA) is 26.3 Å². The third kappa shape index (κ3) is 7.78. The van der Waals surface area contributed by atoms with Gasteiger partial charge in [0, 0.05) is 0 Å². The molecular formula is C17H28O2S. The van der Waals surface area contributed by atoms with Crippen molar-refractivity contribution >= 4 is 23.2 Å². The maximum absolute atomic E-state index is 11.0. The molecule has 114 valence electrons. The van der Waals surface area contributed by atoms with Gasteiger partial charge in [0.2, 0.25) is 0 Å². The highest BCUT2D eigenvalue weighted by atomic mass is 32.1. The number of ether oxygens (including phenoxy) is 1. The van der Waals surface area contributed by atoms with Crippen molar-refractivity contribution in [3.05, 3.63) is 12.2 Å². The highest BCUT2D eigenvalue weighted by Crippen LogP contribution is 2.19. The largest absolute Gasteiger partial charge is 0.418 e. The Morgan fingerprint density at radius 2 is 1.70 bits per heavy atom. The van der Waals surface area contributed by atoms with E-state index in [4.69, 9.17) is 17.0 Å². The Morgan fingerprint density at radius 3 is 2.25 bits per heavy atom. The molecule has 1 unspecified atom stereocenters. The van der Waals surface area contributed by atoms with Crippen molar-refractivity contribution in [3.63, 3.8) is 0 Å². The van der Waals surface area contributed by atoms with E-state index in [0.717, 1.165) is 6.42 Å². The predicted molar refractivity (Wildman–Crippen MR) is 87.8 cm³/mol. The van der Waals surface area contributed by atoms with Crippen LogP contribution in [0.25, 0.3) is 0 Å². The van der Waals surface area contributed by atoms with Crippen molar-refractivity contribution in [1.29, 1.82) is 0 Å². The minimum absolute atomic E-state index is 0.0380. The number of unbranched alkanes of at least 4 members (excludes halogenated alkanes) is 9. The SMILES string of the molecule is CCCCCCCCCCCC=CC1CC(=O)OC1=S. The van der Waals surface area contributed by atoms with Gasteiger partial charge >= 0.3 is 5.97 Å². The van der Waals surface area contributed by atoms with Gasteiger partial charge in [-0.1, -0.05) is 70.4 Å². The number of hydrogen-bond acceptors (Lipinski definition) is 3. The van der Waals surface area contributed by atoms with E-state index in [1.165, 1.54) is 57.8 Å². The smallest absolute Gasteiger partial charge is 0.312 e. The third-order valence-corrected chi connectivity index (χ3v) is 4.13. The normalized spacial score (nSPS) is 18.9. The molecule has 1 rings (SSSR count). The van der Waals surface area contributed by atoms with Gasteiger partial charge in [-0.05, 0) is 25.1 Å². The number of carbonyl (C=O) groups is 1. The number of cyclic esters (lactones) is 1. The van der Waals surface area contributed by atoms with Crippen LogP contribution in [0, 0.1) is 5.92 Å². The molecule has 0 amide bonds. The van der Waals surface area contributed by atoms with Crippen molar-refractivity contribution in [2.45, 2.75) is 77.6 Å². The van der Waals surface area contributed by atoms with Gasteiger partial charge in [0.15, 0.2) is 5.05 Å². The van der Waals surface area contributed by atoms with Gasteiger partial charge in [0.1, 0.15) is 0 Å². The summed E-state index contributed by atoms with van der Waals surface area (Å²) in [4.78, 5) is 11.0. The van der Waals surface area contributed by atoms with Crippen molar-refractivity contribution in [3.8, 4) is 0 Å². The Kier molecular flexibility index (Phi) is 9.56. The van der Waals surface area contributed by atoms with Crippen LogP contribution in [0.3, 0.4) is 0 Å². The van der Waals surface area contributed by atoms with E-state index in [2.05, 4.69) is 13.0 Å². The summed E-state index contributed by atoms with van der Waals surface area (Å²) in [5, 5.41) is 0.443. The molecule has 1 aliphatic heterocycles. The van der Waals surface area contributed by atoms with Crippen LogP contribution in [-0.2, 0) is 9.53 Å². The highest BCUT2D eigenvalue weighted by molar-refractivity contribution is 7.80. The summed E-state index contributed by atoms with van der Waals surface area (Å²) in [6, 6.07) is 0. The maximum atomic E-state index is 11.0. The molecule has 20 heavy (non-hydrogen) atoms. The lowest BCUT2D eigenvalue weighted by Gasteiger charge is -2.01. The molecule has 0 radical (unpaired) electrons. The Labute approximate surface area is 129 Å². The molecule has 0 bridgehead atoms. The van der Waals surface area contributed by atoms with E-state index < -0.39 is 0 Å². The number of hydrogen-bond donors (Lipinski definition) is 0. The Morgan fingerprint density at radius 1 is 1.10 bits per heavy atom. The predicted octanol–water partition coefficient (Wildman–Crippen LogP) is 5.35. The second kappa shape index (κ2) is 11.0. The van der Waals surface area contributed by atoms with E-state index in [1.54, 1.807) is 0 Å². The van der Waals surface area contributed by atoms with Crippen molar-refractivity contribution in [1.82, 2.24) is 0 Å². The molecule has 1 saturated heterocycles. The summed E-state index contributed by atoms with van der Waals surface area (Å²) in [6.07, 6.45) is 17.9. The number of carbonyl (C=O) groups excluding carboxylic acids is 1. The summed E-state index contributed by atoms with van der Waals surface area (Å²) in [7, 11) is 0. The van der Waals surface area contributed by atoms with Crippen molar-refractivity contribution in [2.75, 3.05) is 0 Å². The molecule has 0 aromatic heterocycles. The number of rotatable bonds is 11. The number of thiocarbonyl (C=S) groups is 1. The first-order valence-electron chi connectivity index (χ1n) is 8.15. The van der Waals surface area contributed by atoms with Crippen LogP contribution >= 0.6 is 12.2 Å². The van der Waals surface area contributed by atoms with Gasteiger partial charge in [-0.2, -0.15) is 0 Å². The molecule has 0 aliphatic carbocycles. The molecule has 0 aromatic carbocycles. The lowest BCUT2D eigenvalue weighted by atomic mass is 10.0. The highest BCUT2D eigenvalue weighted by Gasteiger charge is 2.27. The fraction of sp³-hybridized carbons (Fsp3) is 0.765. The van der Waals surface area contributed by atoms with Crippen LogP contribution in [-0.4, -0.2) is 11.0 Å². The molecular weight excluding hydrogens is 268 g/mol. The molecule has 1 fully saturated rings. The molecule has 1 aliphatic rings. The van der Waals surface area contributed by atoms with Gasteiger partial charge in [-0.15, -0.1) is 0 Å². The summed E-state index contributed by atoms with van der Waals surface area (Å²) >= 11 is 5.00. The molecule has 0 saturated carbocycles. The average molecular weight is 296 g/mol. The molecule has 2 nitrogen and oxygen atoms in total. The third-order valence-electron chi connectivity index (χ3n) is 3.75. The quantitative estimate of drug-likeness (QED) is 0.222. The average Bonchev–Trinajstić information content (AvgIpc) is 2.74. The summed E-state index contributed by atoms with van der Waals surface area (Å²) in [5.41, 5.74) is 0. The van der Waals surface area contributed by atoms with E-state index >= 15 is 0 Å². The summed E-state index contributed by atoms with van der Waals surface area (Å²) < 4.78 is 4.87. The summed E-state index contributed by atoms with van der Waals surface area (Å²) in [5.74, 6) is -0.149. The maximum Gasteiger partial charge on any atom is 0.312 e. The number of allylic oxidation sites excluding steroid dienone is 1. The lowest BCUT2D eigenvalue weighted by Crippen LogP contribution is -2.00. The standard InChI is InChI=1S/C17H28O2S/c1-2-3-4-5-6-7-8-9-10-11-12-13-15-14-16(18)19-17(15)20/h12-13,15H,2-11,14H2,1H3. The van der Waals surface area contributed by atoms with Gasteiger partial charge in [0.25, 0.3) is 0 Å². The second-order valence-corrected chi connectivity index (χ2v) is 6.05. The van der Waals surface area contributed by atoms with Gasteiger partial charge in [-0.25, -0.2) is 0 Å².